The van der Waals surface area contributed by atoms with Gasteiger partial charge < -0.3 is 10.0 Å². The fourth-order valence-corrected chi connectivity index (χ4v) is 4.04. The largest absolute Gasteiger partial charge is 0.465 e. The molecule has 0 saturated carbocycles. The Labute approximate surface area is 159 Å². The molecule has 0 aliphatic carbocycles. The molecule has 0 bridgehead atoms. The average Bonchev–Trinajstić information content (AvgIpc) is 2.66. The number of carbonyl (C=O) groups is 1. The number of aryl methyl sites for hydroxylation is 2. The first-order valence-corrected chi connectivity index (χ1v) is 10.9. The smallest absolute Gasteiger partial charge is 0.407 e. The highest BCUT2D eigenvalue weighted by molar-refractivity contribution is 7.90. The molecule has 2 heterocycles. The topological polar surface area (TPSA) is 87.6 Å². The van der Waals surface area contributed by atoms with Crippen molar-refractivity contribution in [3.05, 3.63) is 59.4 Å². The molecule has 7 heteroatoms. The summed E-state index contributed by atoms with van der Waals surface area (Å²) in [5.74, 6) is 0.366. The van der Waals surface area contributed by atoms with Gasteiger partial charge in [0.25, 0.3) is 0 Å². The molecular weight excluding hydrogens is 364 g/mol. The molecule has 1 fully saturated rings. The Morgan fingerprint density at radius 1 is 1.11 bits per heavy atom. The van der Waals surface area contributed by atoms with Gasteiger partial charge in [-0.3, -0.25) is 4.98 Å². The van der Waals surface area contributed by atoms with Crippen molar-refractivity contribution >= 4 is 15.9 Å². The van der Waals surface area contributed by atoms with Crippen LogP contribution < -0.4 is 0 Å². The van der Waals surface area contributed by atoms with Crippen LogP contribution in [-0.2, 0) is 22.7 Å². The van der Waals surface area contributed by atoms with E-state index in [4.69, 9.17) is 5.11 Å². The van der Waals surface area contributed by atoms with Crippen LogP contribution in [0.15, 0.2) is 47.5 Å². The lowest BCUT2D eigenvalue weighted by molar-refractivity contribution is 0.132. The van der Waals surface area contributed by atoms with E-state index in [0.717, 1.165) is 36.9 Å². The molecule has 6 nitrogen and oxygen atoms in total. The number of hydrogen-bond acceptors (Lipinski definition) is 4. The van der Waals surface area contributed by atoms with Crippen LogP contribution >= 0.6 is 0 Å². The minimum Gasteiger partial charge on any atom is -0.465 e. The van der Waals surface area contributed by atoms with E-state index in [-0.39, 0.29) is 0 Å². The van der Waals surface area contributed by atoms with Crippen LogP contribution in [0.1, 0.15) is 35.6 Å². The summed E-state index contributed by atoms with van der Waals surface area (Å²) in [6.07, 6.45) is 5.53. The first-order valence-electron chi connectivity index (χ1n) is 9.04. The van der Waals surface area contributed by atoms with E-state index in [0.29, 0.717) is 23.9 Å². The van der Waals surface area contributed by atoms with Crippen molar-refractivity contribution in [2.45, 2.75) is 36.5 Å². The molecule has 1 aliphatic rings. The van der Waals surface area contributed by atoms with Crippen LogP contribution in [0.25, 0.3) is 0 Å². The summed E-state index contributed by atoms with van der Waals surface area (Å²) in [5, 5.41) is 9.02. The number of hydrogen-bond donors (Lipinski definition) is 1. The van der Waals surface area contributed by atoms with Gasteiger partial charge in [-0.05, 0) is 60.9 Å². The first-order chi connectivity index (χ1) is 12.8. The molecule has 27 heavy (non-hydrogen) atoms. The summed E-state index contributed by atoms with van der Waals surface area (Å²) in [6.45, 7) is 1.15. The maximum absolute atomic E-state index is 11.5. The van der Waals surface area contributed by atoms with Crippen molar-refractivity contribution in [1.29, 1.82) is 0 Å². The minimum absolute atomic E-state index is 0.336. The van der Waals surface area contributed by atoms with Gasteiger partial charge in [0.05, 0.1) is 4.90 Å². The standard InChI is InChI=1S/C20H24N2O4S/c1-27(25,26)19-8-3-15(4-9-19)2-6-18-7-5-17(14-21-18)16-10-12-22(13-11-16)20(23)24/h3-5,7-9,14,16H,2,6,10-13H2,1H3,(H,23,24). The normalized spacial score (nSPS) is 15.7. The molecule has 2 aromatic rings. The Morgan fingerprint density at radius 2 is 1.78 bits per heavy atom. The molecule has 1 aromatic heterocycles. The van der Waals surface area contributed by atoms with Gasteiger partial charge in [-0.2, -0.15) is 0 Å². The van der Waals surface area contributed by atoms with Crippen LogP contribution in [0.5, 0.6) is 0 Å². The number of carboxylic acid groups (broad SMARTS) is 1. The summed E-state index contributed by atoms with van der Waals surface area (Å²) in [6, 6.07) is 11.1. The zero-order chi connectivity index (χ0) is 19.4. The molecule has 1 aliphatic heterocycles. The number of likely N-dealkylation sites (tertiary alicyclic amines) is 1. The van der Waals surface area contributed by atoms with E-state index in [9.17, 15) is 13.2 Å². The van der Waals surface area contributed by atoms with E-state index in [1.54, 1.807) is 12.1 Å². The van der Waals surface area contributed by atoms with Crippen LogP contribution in [0, 0.1) is 0 Å². The second kappa shape index (κ2) is 8.08. The quantitative estimate of drug-likeness (QED) is 0.850. The fourth-order valence-electron chi connectivity index (χ4n) is 3.41. The molecule has 1 aromatic carbocycles. The van der Waals surface area contributed by atoms with Gasteiger partial charge in [-0.15, -0.1) is 0 Å². The van der Waals surface area contributed by atoms with Crippen molar-refractivity contribution < 1.29 is 18.3 Å². The van der Waals surface area contributed by atoms with Gasteiger partial charge in [0.1, 0.15) is 0 Å². The van der Waals surface area contributed by atoms with Gasteiger partial charge in [0, 0.05) is 31.2 Å². The number of piperidine rings is 1. The summed E-state index contributed by atoms with van der Waals surface area (Å²) in [7, 11) is -3.16. The molecule has 0 unspecified atom stereocenters. The number of rotatable bonds is 5. The van der Waals surface area contributed by atoms with E-state index in [1.807, 2.05) is 24.4 Å². The van der Waals surface area contributed by atoms with Gasteiger partial charge in [-0.25, -0.2) is 13.2 Å². The molecule has 1 amide bonds. The Bertz CT molecular complexity index is 885. The number of nitrogens with zero attached hydrogens (tertiary/aromatic N) is 2. The summed E-state index contributed by atoms with van der Waals surface area (Å²) in [4.78, 5) is 17.3. The number of amides is 1. The highest BCUT2D eigenvalue weighted by Gasteiger charge is 2.23. The lowest BCUT2D eigenvalue weighted by atomic mass is 9.90. The molecule has 1 saturated heterocycles. The van der Waals surface area contributed by atoms with E-state index in [2.05, 4.69) is 11.1 Å². The van der Waals surface area contributed by atoms with Gasteiger partial charge in [0.2, 0.25) is 0 Å². The minimum atomic E-state index is -3.16. The van der Waals surface area contributed by atoms with E-state index >= 15 is 0 Å². The van der Waals surface area contributed by atoms with Crippen molar-refractivity contribution in [3.8, 4) is 0 Å². The molecule has 0 atom stereocenters. The second-order valence-corrected chi connectivity index (χ2v) is 9.06. The second-order valence-electron chi connectivity index (χ2n) is 7.04. The Morgan fingerprint density at radius 3 is 2.30 bits per heavy atom. The van der Waals surface area contributed by atoms with Crippen LogP contribution in [0.4, 0.5) is 4.79 Å². The third-order valence-electron chi connectivity index (χ3n) is 5.11. The van der Waals surface area contributed by atoms with Gasteiger partial charge in [0.15, 0.2) is 9.84 Å². The Balaban J connectivity index is 1.54. The molecule has 1 N–H and O–H groups in total. The molecule has 0 spiro atoms. The van der Waals surface area contributed by atoms with Crippen molar-refractivity contribution in [1.82, 2.24) is 9.88 Å². The highest BCUT2D eigenvalue weighted by atomic mass is 32.2. The molecule has 144 valence electrons. The van der Waals surface area contributed by atoms with Gasteiger partial charge >= 0.3 is 6.09 Å². The SMILES string of the molecule is CS(=O)(=O)c1ccc(CCc2ccc(C3CCN(C(=O)O)CC3)cn2)cc1. The van der Waals surface area contributed by atoms with Crippen LogP contribution in [-0.4, -0.2) is 48.8 Å². The first kappa shape index (κ1) is 19.4. The predicted molar refractivity (Wildman–Crippen MR) is 103 cm³/mol. The maximum Gasteiger partial charge on any atom is 0.407 e. The molecule has 3 rings (SSSR count). The number of sulfone groups is 1. The average molecular weight is 388 g/mol. The monoisotopic (exact) mass is 388 g/mol. The third-order valence-corrected chi connectivity index (χ3v) is 6.23. The maximum atomic E-state index is 11.5. The summed E-state index contributed by atoms with van der Waals surface area (Å²) < 4.78 is 23.0. The van der Waals surface area contributed by atoms with Crippen molar-refractivity contribution in [3.63, 3.8) is 0 Å². The van der Waals surface area contributed by atoms with E-state index < -0.39 is 15.9 Å². The third kappa shape index (κ3) is 5.07. The van der Waals surface area contributed by atoms with Crippen molar-refractivity contribution in [2.24, 2.45) is 0 Å². The molecule has 0 radical (unpaired) electrons. The Hall–Kier alpha value is -2.41. The van der Waals surface area contributed by atoms with Crippen molar-refractivity contribution in [2.75, 3.05) is 19.3 Å². The fraction of sp³-hybridized carbons (Fsp3) is 0.400. The predicted octanol–water partition coefficient (Wildman–Crippen LogP) is 3.13. The van der Waals surface area contributed by atoms with Crippen LogP contribution in [0.2, 0.25) is 0 Å². The van der Waals surface area contributed by atoms with Gasteiger partial charge in [-0.1, -0.05) is 18.2 Å². The summed E-state index contributed by atoms with van der Waals surface area (Å²) in [5.41, 5.74) is 3.24. The lowest BCUT2D eigenvalue weighted by Gasteiger charge is -2.30. The Kier molecular flexibility index (Phi) is 5.79. The number of benzene rings is 1. The zero-order valence-electron chi connectivity index (χ0n) is 15.3. The number of pyridine rings is 1. The highest BCUT2D eigenvalue weighted by Crippen LogP contribution is 2.27. The number of aromatic nitrogens is 1. The summed E-state index contributed by atoms with van der Waals surface area (Å²) >= 11 is 0. The van der Waals surface area contributed by atoms with E-state index in [1.165, 1.54) is 16.7 Å². The zero-order valence-corrected chi connectivity index (χ0v) is 16.2. The van der Waals surface area contributed by atoms with Crippen LogP contribution in [0.3, 0.4) is 0 Å². The lowest BCUT2D eigenvalue weighted by Crippen LogP contribution is -2.36. The molecular formula is C20H24N2O4S.